The molecule has 0 spiro atoms. The Balaban J connectivity index is 1.77. The SMILES string of the molecule is COCc1nc2cnc(N3CCOCC3)cc2n1Cc1cc(Cl)ccc1Cl. The van der Waals surface area contributed by atoms with Crippen LogP contribution in [0.2, 0.25) is 10.0 Å². The van der Waals surface area contributed by atoms with Crippen molar-refractivity contribution >= 4 is 40.1 Å². The molecule has 0 bridgehead atoms. The average molecular weight is 407 g/mol. The zero-order valence-electron chi connectivity index (χ0n) is 15.0. The van der Waals surface area contributed by atoms with Gasteiger partial charge >= 0.3 is 0 Å². The molecular weight excluding hydrogens is 387 g/mol. The third kappa shape index (κ3) is 3.89. The van der Waals surface area contributed by atoms with Crippen molar-refractivity contribution in [2.45, 2.75) is 13.2 Å². The molecule has 1 aliphatic rings. The van der Waals surface area contributed by atoms with E-state index < -0.39 is 0 Å². The lowest BCUT2D eigenvalue weighted by Crippen LogP contribution is -2.36. The Kier molecular flexibility index (Phi) is 5.50. The average Bonchev–Trinajstić information content (AvgIpc) is 3.02. The van der Waals surface area contributed by atoms with Crippen LogP contribution in [0, 0.1) is 0 Å². The molecule has 0 saturated carbocycles. The molecule has 0 atom stereocenters. The third-order valence-electron chi connectivity index (χ3n) is 4.64. The molecule has 1 aliphatic heterocycles. The Labute approximate surface area is 167 Å². The van der Waals surface area contributed by atoms with Gasteiger partial charge in [0.25, 0.3) is 0 Å². The van der Waals surface area contributed by atoms with E-state index in [1.165, 1.54) is 0 Å². The molecule has 0 unspecified atom stereocenters. The minimum atomic E-state index is 0.403. The first kappa shape index (κ1) is 18.5. The van der Waals surface area contributed by atoms with E-state index in [0.717, 1.165) is 41.3 Å². The summed E-state index contributed by atoms with van der Waals surface area (Å²) >= 11 is 12.6. The molecule has 27 heavy (non-hydrogen) atoms. The second-order valence-corrected chi connectivity index (χ2v) is 7.26. The Morgan fingerprint density at radius 2 is 2.00 bits per heavy atom. The predicted octanol–water partition coefficient (Wildman–Crippen LogP) is 3.77. The van der Waals surface area contributed by atoms with Crippen molar-refractivity contribution in [1.29, 1.82) is 0 Å². The number of ether oxygens (including phenoxy) is 2. The minimum absolute atomic E-state index is 0.403. The van der Waals surface area contributed by atoms with Crippen molar-refractivity contribution in [2.24, 2.45) is 0 Å². The van der Waals surface area contributed by atoms with Crippen LogP contribution < -0.4 is 4.90 Å². The van der Waals surface area contributed by atoms with Gasteiger partial charge in [-0.1, -0.05) is 23.2 Å². The highest BCUT2D eigenvalue weighted by atomic mass is 35.5. The second-order valence-electron chi connectivity index (χ2n) is 6.41. The van der Waals surface area contributed by atoms with Gasteiger partial charge in [0.1, 0.15) is 23.8 Å². The Hall–Kier alpha value is -1.86. The van der Waals surface area contributed by atoms with Crippen molar-refractivity contribution in [3.63, 3.8) is 0 Å². The molecule has 1 fully saturated rings. The Morgan fingerprint density at radius 3 is 2.78 bits per heavy atom. The molecule has 0 amide bonds. The van der Waals surface area contributed by atoms with E-state index in [0.29, 0.717) is 36.4 Å². The number of hydrogen-bond donors (Lipinski definition) is 0. The summed E-state index contributed by atoms with van der Waals surface area (Å²) in [4.78, 5) is 11.5. The molecule has 0 radical (unpaired) electrons. The molecule has 8 heteroatoms. The van der Waals surface area contributed by atoms with Gasteiger partial charge in [-0.3, -0.25) is 0 Å². The van der Waals surface area contributed by atoms with Gasteiger partial charge < -0.3 is 18.9 Å². The number of anilines is 1. The van der Waals surface area contributed by atoms with Crippen molar-refractivity contribution in [2.75, 3.05) is 38.3 Å². The summed E-state index contributed by atoms with van der Waals surface area (Å²) in [5.74, 6) is 1.75. The van der Waals surface area contributed by atoms with Crippen LogP contribution in [-0.4, -0.2) is 47.9 Å². The second kappa shape index (κ2) is 8.02. The number of morpholine rings is 1. The highest BCUT2D eigenvalue weighted by Gasteiger charge is 2.17. The predicted molar refractivity (Wildman–Crippen MR) is 107 cm³/mol. The summed E-state index contributed by atoms with van der Waals surface area (Å²) < 4.78 is 12.9. The van der Waals surface area contributed by atoms with E-state index in [2.05, 4.69) is 20.5 Å². The van der Waals surface area contributed by atoms with Gasteiger partial charge in [-0.05, 0) is 23.8 Å². The number of methoxy groups -OCH3 is 1. The number of halogens is 2. The lowest BCUT2D eigenvalue weighted by molar-refractivity contribution is 0.122. The van der Waals surface area contributed by atoms with Gasteiger partial charge in [0, 0.05) is 36.3 Å². The van der Waals surface area contributed by atoms with E-state index in [1.54, 1.807) is 13.2 Å². The van der Waals surface area contributed by atoms with Crippen LogP contribution in [0.1, 0.15) is 11.4 Å². The van der Waals surface area contributed by atoms with Gasteiger partial charge in [-0.15, -0.1) is 0 Å². The largest absolute Gasteiger partial charge is 0.378 e. The first-order chi connectivity index (χ1) is 13.2. The van der Waals surface area contributed by atoms with E-state index in [9.17, 15) is 0 Å². The van der Waals surface area contributed by atoms with Gasteiger partial charge in [0.05, 0.1) is 31.5 Å². The molecule has 142 valence electrons. The number of rotatable bonds is 5. The van der Waals surface area contributed by atoms with Crippen molar-refractivity contribution in [1.82, 2.24) is 14.5 Å². The van der Waals surface area contributed by atoms with Crippen LogP contribution in [0.3, 0.4) is 0 Å². The molecule has 6 nitrogen and oxygen atoms in total. The molecule has 0 aliphatic carbocycles. The number of aromatic nitrogens is 3. The first-order valence-electron chi connectivity index (χ1n) is 8.76. The van der Waals surface area contributed by atoms with Crippen LogP contribution in [0.5, 0.6) is 0 Å². The van der Waals surface area contributed by atoms with E-state index in [1.807, 2.05) is 18.3 Å². The summed E-state index contributed by atoms with van der Waals surface area (Å²) in [6, 6.07) is 7.56. The number of pyridine rings is 1. The number of imidazole rings is 1. The van der Waals surface area contributed by atoms with Crippen LogP contribution >= 0.6 is 23.2 Å². The molecule has 1 aromatic carbocycles. The van der Waals surface area contributed by atoms with Crippen molar-refractivity contribution in [3.05, 3.63) is 51.9 Å². The maximum Gasteiger partial charge on any atom is 0.136 e. The molecule has 3 aromatic rings. The maximum atomic E-state index is 6.39. The highest BCUT2D eigenvalue weighted by molar-refractivity contribution is 6.33. The summed E-state index contributed by atoms with van der Waals surface area (Å²) in [5, 5.41) is 1.33. The number of nitrogens with zero attached hydrogens (tertiary/aromatic N) is 4. The van der Waals surface area contributed by atoms with E-state index in [4.69, 9.17) is 37.7 Å². The summed E-state index contributed by atoms with van der Waals surface area (Å²) in [7, 11) is 1.66. The lowest BCUT2D eigenvalue weighted by Gasteiger charge is -2.27. The van der Waals surface area contributed by atoms with Crippen molar-refractivity contribution < 1.29 is 9.47 Å². The minimum Gasteiger partial charge on any atom is -0.378 e. The van der Waals surface area contributed by atoms with Gasteiger partial charge in [-0.25, -0.2) is 9.97 Å². The van der Waals surface area contributed by atoms with Crippen LogP contribution in [0.15, 0.2) is 30.5 Å². The quantitative estimate of drug-likeness (QED) is 0.645. The molecule has 2 aromatic heterocycles. The third-order valence-corrected chi connectivity index (χ3v) is 5.25. The maximum absolute atomic E-state index is 6.39. The lowest BCUT2D eigenvalue weighted by atomic mass is 10.2. The normalized spacial score (nSPS) is 14.9. The fourth-order valence-electron chi connectivity index (χ4n) is 3.28. The Bertz CT molecular complexity index is 954. The summed E-state index contributed by atoms with van der Waals surface area (Å²) in [6.45, 7) is 4.05. The summed E-state index contributed by atoms with van der Waals surface area (Å²) in [5.41, 5.74) is 2.76. The molecule has 3 heterocycles. The summed E-state index contributed by atoms with van der Waals surface area (Å²) in [6.07, 6.45) is 1.81. The molecular formula is C19H20Cl2N4O2. The van der Waals surface area contributed by atoms with Crippen LogP contribution in [0.4, 0.5) is 5.82 Å². The standard InChI is InChI=1S/C19H20Cl2N4O2/c1-26-12-19-23-16-10-22-18(24-4-6-27-7-5-24)9-17(16)25(19)11-13-8-14(20)2-3-15(13)21/h2-3,8-10H,4-7,11-12H2,1H3. The molecule has 0 N–H and O–H groups in total. The zero-order valence-corrected chi connectivity index (χ0v) is 16.5. The topological polar surface area (TPSA) is 52.4 Å². The molecule has 1 saturated heterocycles. The fraction of sp³-hybridized carbons (Fsp3) is 0.368. The van der Waals surface area contributed by atoms with Gasteiger partial charge in [0.2, 0.25) is 0 Å². The number of fused-ring (bicyclic) bond motifs is 1. The monoisotopic (exact) mass is 406 g/mol. The molecule has 4 rings (SSSR count). The van der Waals surface area contributed by atoms with Crippen LogP contribution in [0.25, 0.3) is 11.0 Å². The smallest absolute Gasteiger partial charge is 0.136 e. The van der Waals surface area contributed by atoms with E-state index >= 15 is 0 Å². The highest BCUT2D eigenvalue weighted by Crippen LogP contribution is 2.26. The van der Waals surface area contributed by atoms with Gasteiger partial charge in [0.15, 0.2) is 0 Å². The Morgan fingerprint density at radius 1 is 1.19 bits per heavy atom. The fourth-order valence-corrected chi connectivity index (χ4v) is 3.66. The number of hydrogen-bond acceptors (Lipinski definition) is 5. The van der Waals surface area contributed by atoms with E-state index in [-0.39, 0.29) is 0 Å². The van der Waals surface area contributed by atoms with Gasteiger partial charge in [-0.2, -0.15) is 0 Å². The zero-order chi connectivity index (χ0) is 18.8. The van der Waals surface area contributed by atoms with Crippen LogP contribution in [-0.2, 0) is 22.6 Å². The first-order valence-corrected chi connectivity index (χ1v) is 9.52. The van der Waals surface area contributed by atoms with Crippen molar-refractivity contribution in [3.8, 4) is 0 Å². The number of benzene rings is 1.